The van der Waals surface area contributed by atoms with Gasteiger partial charge in [-0.15, -0.1) is 0 Å². The maximum absolute atomic E-state index is 3.63. The van der Waals surface area contributed by atoms with Crippen molar-refractivity contribution in [2.75, 3.05) is 4.34 Å². The molecule has 0 saturated carbocycles. The van der Waals surface area contributed by atoms with Crippen molar-refractivity contribution in [3.63, 3.8) is 0 Å². The number of hydrogen-bond donors (Lipinski definition) is 1. The molecule has 0 spiro atoms. The van der Waals surface area contributed by atoms with Gasteiger partial charge in [0, 0.05) is 30.4 Å². The van der Waals surface area contributed by atoms with E-state index in [0.29, 0.717) is 0 Å². The molecule has 2 aromatic carbocycles. The second-order valence-corrected chi connectivity index (χ2v) is 6.85. The van der Waals surface area contributed by atoms with Crippen LogP contribution in [0.2, 0.25) is 0 Å². The minimum Gasteiger partial charge on any atom is -0.321 e. The molecule has 1 nitrogen and oxygen atoms in total. The van der Waals surface area contributed by atoms with Crippen LogP contribution in [0.4, 0.5) is 5.69 Å². The van der Waals surface area contributed by atoms with E-state index in [1.165, 1.54) is 10.9 Å². The zero-order valence-corrected chi connectivity index (χ0v) is 16.3. The van der Waals surface area contributed by atoms with Crippen molar-refractivity contribution in [1.29, 1.82) is 0 Å². The maximum Gasteiger partial charge on any atom is 0.0602 e. The Hall–Kier alpha value is 0.900. The fourth-order valence-corrected chi connectivity index (χ4v) is 4.09. The number of halogens is 5. The lowest BCUT2D eigenvalue weighted by molar-refractivity contribution is 1.44. The van der Waals surface area contributed by atoms with E-state index in [1.54, 1.807) is 0 Å². The molecule has 6 heteroatoms. The second kappa shape index (κ2) is 5.90. The molecule has 2 rings (SSSR count). The number of hydrogen-bond acceptors (Lipinski definition) is 1. The zero-order chi connectivity index (χ0) is 12.6. The third-order valence-electron chi connectivity index (χ3n) is 2.40. The van der Waals surface area contributed by atoms with Crippen LogP contribution in [0.3, 0.4) is 0 Å². The number of nitrogens with one attached hydrogen (secondary N) is 1. The highest BCUT2D eigenvalue weighted by Gasteiger charge is 2.12. The first kappa shape index (κ1) is 14.3. The van der Waals surface area contributed by atoms with Crippen LogP contribution in [0.25, 0.3) is 10.8 Å². The normalized spacial score (nSPS) is 10.9. The largest absolute Gasteiger partial charge is 0.321 e. The van der Waals surface area contributed by atoms with Crippen molar-refractivity contribution in [1.82, 2.24) is 0 Å². The summed E-state index contributed by atoms with van der Waals surface area (Å²) in [5.74, 6) is 0. The molecule has 0 unspecified atom stereocenters. The Morgan fingerprint density at radius 2 is 1.65 bits per heavy atom. The maximum atomic E-state index is 3.63. The first-order valence-corrected chi connectivity index (χ1v) is 8.90. The molecule has 2 aromatic rings. The standard InChI is InChI=1S/C11H6Br5N/c12-4-5-1-7-6(8(13)2-5)3-9(17-16)11(15)10(7)14/h1-3,17H,4H2. The van der Waals surface area contributed by atoms with Gasteiger partial charge >= 0.3 is 0 Å². The van der Waals surface area contributed by atoms with Gasteiger partial charge in [-0.1, -0.05) is 31.9 Å². The average molecular weight is 552 g/mol. The topological polar surface area (TPSA) is 12.0 Å². The average Bonchev–Trinajstić information content (AvgIpc) is 2.34. The van der Waals surface area contributed by atoms with Gasteiger partial charge in [0.1, 0.15) is 0 Å². The van der Waals surface area contributed by atoms with E-state index < -0.39 is 0 Å². The lowest BCUT2D eigenvalue weighted by Gasteiger charge is -2.11. The first-order valence-electron chi connectivity index (χ1n) is 4.61. The van der Waals surface area contributed by atoms with E-state index in [4.69, 9.17) is 0 Å². The van der Waals surface area contributed by atoms with Crippen molar-refractivity contribution in [2.24, 2.45) is 0 Å². The van der Waals surface area contributed by atoms with Crippen LogP contribution >= 0.6 is 79.9 Å². The van der Waals surface area contributed by atoms with Crippen LogP contribution in [0, 0.1) is 0 Å². The molecule has 1 N–H and O–H groups in total. The van der Waals surface area contributed by atoms with E-state index in [2.05, 4.69) is 102 Å². The zero-order valence-electron chi connectivity index (χ0n) is 8.33. The van der Waals surface area contributed by atoms with Crippen LogP contribution in [0.15, 0.2) is 31.6 Å². The molecule has 17 heavy (non-hydrogen) atoms. The highest BCUT2D eigenvalue weighted by atomic mass is 79.9. The predicted molar refractivity (Wildman–Crippen MR) is 92.2 cm³/mol. The van der Waals surface area contributed by atoms with E-state index in [9.17, 15) is 0 Å². The van der Waals surface area contributed by atoms with Crippen LogP contribution < -0.4 is 4.34 Å². The minimum atomic E-state index is 0.837. The van der Waals surface area contributed by atoms with Gasteiger partial charge in [0.2, 0.25) is 0 Å². The van der Waals surface area contributed by atoms with Crippen LogP contribution in [-0.4, -0.2) is 0 Å². The molecule has 0 fully saturated rings. The van der Waals surface area contributed by atoms with Gasteiger partial charge in [-0.25, -0.2) is 0 Å². The number of fused-ring (bicyclic) bond motifs is 1. The highest BCUT2D eigenvalue weighted by molar-refractivity contribution is 9.13. The number of benzene rings is 2. The van der Waals surface area contributed by atoms with Crippen molar-refractivity contribution >= 4 is 96.3 Å². The summed E-state index contributed by atoms with van der Waals surface area (Å²) >= 11 is 17.5. The Kier molecular flexibility index (Phi) is 4.97. The molecule has 0 atom stereocenters. The summed E-state index contributed by atoms with van der Waals surface area (Å²) in [6, 6.07) is 6.37. The van der Waals surface area contributed by atoms with E-state index >= 15 is 0 Å². The van der Waals surface area contributed by atoms with Gasteiger partial charge in [0.05, 0.1) is 10.2 Å². The predicted octanol–water partition coefficient (Wildman–Crippen LogP) is 6.74. The van der Waals surface area contributed by atoms with Gasteiger partial charge in [0.15, 0.2) is 0 Å². The van der Waals surface area contributed by atoms with Crippen LogP contribution in [-0.2, 0) is 5.33 Å². The van der Waals surface area contributed by atoms with E-state index in [0.717, 1.165) is 29.8 Å². The van der Waals surface area contributed by atoms with Gasteiger partial charge in [-0.05, 0) is 66.4 Å². The minimum absolute atomic E-state index is 0.837. The van der Waals surface area contributed by atoms with Crippen molar-refractivity contribution in [3.8, 4) is 0 Å². The summed E-state index contributed by atoms with van der Waals surface area (Å²) in [4.78, 5) is 0. The van der Waals surface area contributed by atoms with Crippen molar-refractivity contribution in [3.05, 3.63) is 37.2 Å². The molecule has 0 radical (unpaired) electrons. The van der Waals surface area contributed by atoms with Gasteiger partial charge in [-0.2, -0.15) is 0 Å². The smallest absolute Gasteiger partial charge is 0.0602 e. The Morgan fingerprint density at radius 3 is 2.24 bits per heavy atom. The third-order valence-corrected chi connectivity index (χ3v) is 6.31. The fourth-order valence-electron chi connectivity index (χ4n) is 1.59. The molecule has 90 valence electrons. The molecule has 0 aliphatic heterocycles. The molecule has 0 bridgehead atoms. The van der Waals surface area contributed by atoms with Gasteiger partial charge < -0.3 is 4.34 Å². The van der Waals surface area contributed by atoms with Crippen LogP contribution in [0.1, 0.15) is 5.56 Å². The number of rotatable bonds is 2. The number of anilines is 1. The van der Waals surface area contributed by atoms with Crippen LogP contribution in [0.5, 0.6) is 0 Å². The molecule has 0 heterocycles. The van der Waals surface area contributed by atoms with Gasteiger partial charge in [0.25, 0.3) is 0 Å². The second-order valence-electron chi connectivity index (χ2n) is 3.45. The summed E-state index contributed by atoms with van der Waals surface area (Å²) in [6.45, 7) is 0. The van der Waals surface area contributed by atoms with Gasteiger partial charge in [-0.3, -0.25) is 0 Å². The molecule has 0 aromatic heterocycles. The summed E-state index contributed by atoms with van der Waals surface area (Å²) in [7, 11) is 0. The molecular formula is C11H6Br5N. The van der Waals surface area contributed by atoms with Crippen molar-refractivity contribution in [2.45, 2.75) is 5.33 Å². The Balaban J connectivity index is 2.86. The summed E-state index contributed by atoms with van der Waals surface area (Å²) in [5, 5.41) is 3.17. The Labute approximate surface area is 142 Å². The molecule has 0 aliphatic rings. The SMILES string of the molecule is BrCc1cc(Br)c2cc(NBr)c(Br)c(Br)c2c1. The van der Waals surface area contributed by atoms with Crippen molar-refractivity contribution < 1.29 is 0 Å². The fraction of sp³-hybridized carbons (Fsp3) is 0.0909. The lowest BCUT2D eigenvalue weighted by Crippen LogP contribution is -1.88. The molecule has 0 amide bonds. The Morgan fingerprint density at radius 1 is 0.941 bits per heavy atom. The molecule has 0 aliphatic carbocycles. The summed E-state index contributed by atoms with van der Waals surface area (Å²) in [6.07, 6.45) is 0. The first-order chi connectivity index (χ1) is 8.08. The quantitative estimate of drug-likeness (QED) is 0.322. The highest BCUT2D eigenvalue weighted by Crippen LogP contribution is 2.41. The van der Waals surface area contributed by atoms with E-state index in [1.807, 2.05) is 0 Å². The summed E-state index contributed by atoms with van der Waals surface area (Å²) in [5.41, 5.74) is 2.22. The monoisotopic (exact) mass is 547 g/mol. The summed E-state index contributed by atoms with van der Waals surface area (Å²) < 4.78 is 6.12. The molecular weight excluding hydrogens is 546 g/mol. The lowest BCUT2D eigenvalue weighted by atomic mass is 10.1. The molecule has 0 saturated heterocycles. The number of alkyl halides is 1. The third kappa shape index (κ3) is 2.76. The Bertz CT molecular complexity index is 582. The van der Waals surface area contributed by atoms with E-state index in [-0.39, 0.29) is 0 Å².